The smallest absolute Gasteiger partial charge is 0.194 e. The zero-order valence-electron chi connectivity index (χ0n) is 15.3. The molecule has 0 unspecified atom stereocenters. The van der Waals surface area contributed by atoms with Crippen LogP contribution in [0.1, 0.15) is 52.2 Å². The van der Waals surface area contributed by atoms with Gasteiger partial charge in [0.1, 0.15) is 10.0 Å². The molecule has 0 amide bonds. The van der Waals surface area contributed by atoms with Crippen LogP contribution in [0.3, 0.4) is 0 Å². The Morgan fingerprint density at radius 1 is 1.24 bits per heavy atom. The van der Waals surface area contributed by atoms with Crippen LogP contribution in [0, 0.1) is 0 Å². The minimum atomic E-state index is 0.631. The van der Waals surface area contributed by atoms with Gasteiger partial charge in [-0.05, 0) is 39.0 Å². The molecule has 25 heavy (non-hydrogen) atoms. The molecule has 0 fully saturated rings. The molecule has 136 valence electrons. The molecule has 2 aromatic rings. The van der Waals surface area contributed by atoms with Gasteiger partial charge in [-0.15, -0.1) is 22.7 Å². The highest BCUT2D eigenvalue weighted by molar-refractivity contribution is 7.12. The Bertz CT molecular complexity index is 695. The zero-order valence-corrected chi connectivity index (χ0v) is 17.0. The summed E-state index contributed by atoms with van der Waals surface area (Å²) in [6.07, 6.45) is 7.94. The molecule has 1 aliphatic rings. The maximum Gasteiger partial charge on any atom is 0.194 e. The third kappa shape index (κ3) is 4.79. The van der Waals surface area contributed by atoms with Crippen molar-refractivity contribution in [3.63, 3.8) is 0 Å². The maximum absolute atomic E-state index is 4.85. The van der Waals surface area contributed by atoms with Crippen molar-refractivity contribution < 1.29 is 0 Å². The first-order valence-corrected chi connectivity index (χ1v) is 10.7. The lowest BCUT2D eigenvalue weighted by atomic mass is 10.0. The number of aryl methyl sites for hydroxylation is 3. The first-order valence-electron chi connectivity index (χ1n) is 9.10. The van der Waals surface area contributed by atoms with Crippen LogP contribution < -0.4 is 5.32 Å². The number of fused-ring (bicyclic) bond motifs is 1. The summed E-state index contributed by atoms with van der Waals surface area (Å²) in [5.41, 5.74) is 1.33. The summed E-state index contributed by atoms with van der Waals surface area (Å²) in [7, 11) is 2.08. The number of nitrogens with zero attached hydrogens (tertiary/aromatic N) is 4. The largest absolute Gasteiger partial charge is 0.357 e. The van der Waals surface area contributed by atoms with Crippen molar-refractivity contribution in [3.8, 4) is 0 Å². The molecule has 1 aliphatic carbocycles. The van der Waals surface area contributed by atoms with Crippen molar-refractivity contribution >= 4 is 28.6 Å². The first-order chi connectivity index (χ1) is 12.2. The number of guanidine groups is 1. The second kappa shape index (κ2) is 8.76. The van der Waals surface area contributed by atoms with Gasteiger partial charge in [-0.25, -0.2) is 15.0 Å². The number of hydrogen-bond acceptors (Lipinski definition) is 5. The SMILES string of the molecule is CCNC(=NCc1ncc(CC)s1)N(C)Cc1nc2c(s1)CCCC2. The Morgan fingerprint density at radius 2 is 2.08 bits per heavy atom. The Balaban J connectivity index is 1.66. The van der Waals surface area contributed by atoms with E-state index in [9.17, 15) is 0 Å². The van der Waals surface area contributed by atoms with Crippen molar-refractivity contribution in [3.05, 3.63) is 31.7 Å². The average molecular weight is 378 g/mol. The molecular weight excluding hydrogens is 350 g/mol. The van der Waals surface area contributed by atoms with Gasteiger partial charge in [0, 0.05) is 29.5 Å². The summed E-state index contributed by atoms with van der Waals surface area (Å²) in [5.74, 6) is 0.920. The quantitative estimate of drug-likeness (QED) is 0.617. The summed E-state index contributed by atoms with van der Waals surface area (Å²) in [4.78, 5) is 19.1. The topological polar surface area (TPSA) is 53.4 Å². The lowest BCUT2D eigenvalue weighted by Gasteiger charge is -2.20. The molecule has 0 aromatic carbocycles. The monoisotopic (exact) mass is 377 g/mol. The minimum absolute atomic E-state index is 0.631. The van der Waals surface area contributed by atoms with E-state index < -0.39 is 0 Å². The summed E-state index contributed by atoms with van der Waals surface area (Å²) in [6, 6.07) is 0. The van der Waals surface area contributed by atoms with E-state index in [1.54, 1.807) is 11.3 Å². The van der Waals surface area contributed by atoms with E-state index >= 15 is 0 Å². The molecule has 0 aliphatic heterocycles. The van der Waals surface area contributed by atoms with Gasteiger partial charge < -0.3 is 10.2 Å². The van der Waals surface area contributed by atoms with Crippen LogP contribution in [0.5, 0.6) is 0 Å². The highest BCUT2D eigenvalue weighted by atomic mass is 32.1. The van der Waals surface area contributed by atoms with Crippen LogP contribution >= 0.6 is 22.7 Å². The number of rotatable bonds is 6. The van der Waals surface area contributed by atoms with Crippen molar-refractivity contribution in [1.29, 1.82) is 0 Å². The minimum Gasteiger partial charge on any atom is -0.357 e. The average Bonchev–Trinajstić information content (AvgIpc) is 3.24. The molecule has 0 radical (unpaired) electrons. The van der Waals surface area contributed by atoms with Crippen LogP contribution in [-0.4, -0.2) is 34.4 Å². The molecule has 7 heteroatoms. The van der Waals surface area contributed by atoms with Gasteiger partial charge in [-0.1, -0.05) is 6.92 Å². The molecule has 0 saturated heterocycles. The molecule has 2 heterocycles. The second-order valence-corrected chi connectivity index (χ2v) is 8.65. The van der Waals surface area contributed by atoms with Gasteiger partial charge in [-0.2, -0.15) is 0 Å². The van der Waals surface area contributed by atoms with Gasteiger partial charge in [0.25, 0.3) is 0 Å². The van der Waals surface area contributed by atoms with Crippen LogP contribution in [0.25, 0.3) is 0 Å². The van der Waals surface area contributed by atoms with E-state index in [2.05, 4.69) is 36.1 Å². The molecule has 3 rings (SSSR count). The fraction of sp³-hybridized carbons (Fsp3) is 0.611. The van der Waals surface area contributed by atoms with Crippen molar-refractivity contribution in [2.45, 2.75) is 59.0 Å². The van der Waals surface area contributed by atoms with E-state index in [-0.39, 0.29) is 0 Å². The Kier molecular flexibility index (Phi) is 6.42. The number of nitrogens with one attached hydrogen (secondary N) is 1. The molecule has 2 aromatic heterocycles. The van der Waals surface area contributed by atoms with Crippen molar-refractivity contribution in [1.82, 2.24) is 20.2 Å². The third-order valence-electron chi connectivity index (χ3n) is 4.27. The second-order valence-electron chi connectivity index (χ2n) is 6.28. The molecule has 0 spiro atoms. The number of aromatic nitrogens is 2. The maximum atomic E-state index is 4.85. The molecular formula is C18H27N5S2. The van der Waals surface area contributed by atoms with Crippen LogP contribution in [0.2, 0.25) is 0 Å². The van der Waals surface area contributed by atoms with Crippen molar-refractivity contribution in [2.24, 2.45) is 4.99 Å². The van der Waals surface area contributed by atoms with Gasteiger partial charge in [0.15, 0.2) is 5.96 Å². The van der Waals surface area contributed by atoms with Crippen LogP contribution in [0.4, 0.5) is 0 Å². The van der Waals surface area contributed by atoms with E-state index in [0.717, 1.165) is 36.9 Å². The Labute approximate surface area is 158 Å². The highest BCUT2D eigenvalue weighted by Gasteiger charge is 2.17. The fourth-order valence-electron chi connectivity index (χ4n) is 2.95. The van der Waals surface area contributed by atoms with Crippen LogP contribution in [0.15, 0.2) is 11.2 Å². The van der Waals surface area contributed by atoms with Gasteiger partial charge in [-0.3, -0.25) is 0 Å². The number of thiazole rings is 2. The number of hydrogen-bond donors (Lipinski definition) is 1. The summed E-state index contributed by atoms with van der Waals surface area (Å²) in [5, 5.41) is 5.66. The molecule has 1 N–H and O–H groups in total. The van der Waals surface area contributed by atoms with Crippen molar-refractivity contribution in [2.75, 3.05) is 13.6 Å². The third-order valence-corrected chi connectivity index (χ3v) is 6.54. The summed E-state index contributed by atoms with van der Waals surface area (Å²) >= 11 is 3.63. The summed E-state index contributed by atoms with van der Waals surface area (Å²) in [6.45, 7) is 6.55. The van der Waals surface area contributed by atoms with E-state index in [4.69, 9.17) is 9.98 Å². The summed E-state index contributed by atoms with van der Waals surface area (Å²) < 4.78 is 0. The highest BCUT2D eigenvalue weighted by Crippen LogP contribution is 2.27. The zero-order chi connectivity index (χ0) is 17.6. The van der Waals surface area contributed by atoms with Gasteiger partial charge in [0.2, 0.25) is 0 Å². The lowest BCUT2D eigenvalue weighted by molar-refractivity contribution is 0.474. The Morgan fingerprint density at radius 3 is 2.80 bits per heavy atom. The van der Waals surface area contributed by atoms with E-state index in [0.29, 0.717) is 6.54 Å². The first kappa shape index (κ1) is 18.3. The normalized spacial score (nSPS) is 14.4. The number of aliphatic imine (C=N–C) groups is 1. The van der Waals surface area contributed by atoms with Gasteiger partial charge in [0.05, 0.1) is 18.8 Å². The predicted octanol–water partition coefficient (Wildman–Crippen LogP) is 3.64. The predicted molar refractivity (Wildman–Crippen MR) is 107 cm³/mol. The van der Waals surface area contributed by atoms with Crippen LogP contribution in [-0.2, 0) is 32.4 Å². The Hall–Kier alpha value is -1.47. The lowest BCUT2D eigenvalue weighted by Crippen LogP contribution is -2.38. The molecule has 0 atom stereocenters. The van der Waals surface area contributed by atoms with E-state index in [1.165, 1.54) is 39.7 Å². The molecule has 0 bridgehead atoms. The van der Waals surface area contributed by atoms with E-state index in [1.807, 2.05) is 17.5 Å². The van der Waals surface area contributed by atoms with Gasteiger partial charge >= 0.3 is 0 Å². The molecule has 5 nitrogen and oxygen atoms in total. The standard InChI is InChI=1S/C18H27N5S2/c1-4-13-10-20-16(24-13)11-21-18(19-5-2)23(3)12-17-22-14-8-6-7-9-15(14)25-17/h10H,4-9,11-12H2,1-3H3,(H,19,21). The molecule has 0 saturated carbocycles. The fourth-order valence-corrected chi connectivity index (χ4v) is 4.94.